The molecule has 0 spiro atoms. The molecule has 0 amide bonds. The molecular formula is C14H16O3. The van der Waals surface area contributed by atoms with Gasteiger partial charge in [-0.1, -0.05) is 13.3 Å². The van der Waals surface area contributed by atoms with E-state index in [4.69, 9.17) is 9.15 Å². The maximum Gasteiger partial charge on any atom is 0.192 e. The number of fused-ring (bicyclic) bond motifs is 1. The van der Waals surface area contributed by atoms with Crippen molar-refractivity contribution in [2.75, 3.05) is 0 Å². The molecule has 0 radical (unpaired) electrons. The van der Waals surface area contributed by atoms with Crippen LogP contribution in [0.15, 0.2) is 39.7 Å². The highest BCUT2D eigenvalue weighted by Gasteiger charge is 2.05. The zero-order valence-corrected chi connectivity index (χ0v) is 10.1. The fraction of sp³-hybridized carbons (Fsp3) is 0.357. The monoisotopic (exact) mass is 232 g/mol. The van der Waals surface area contributed by atoms with Crippen LogP contribution in [0.3, 0.4) is 0 Å². The van der Waals surface area contributed by atoms with E-state index in [-0.39, 0.29) is 11.5 Å². The highest BCUT2D eigenvalue weighted by Crippen LogP contribution is 2.20. The molecule has 0 bridgehead atoms. The molecule has 0 saturated heterocycles. The summed E-state index contributed by atoms with van der Waals surface area (Å²) in [5.74, 6) is 0.743. The minimum atomic E-state index is -0.0283. The first kappa shape index (κ1) is 11.7. The molecule has 2 rings (SSSR count). The molecule has 90 valence electrons. The van der Waals surface area contributed by atoms with E-state index in [2.05, 4.69) is 6.92 Å². The molecule has 0 aliphatic heterocycles. The van der Waals surface area contributed by atoms with Crippen molar-refractivity contribution in [2.24, 2.45) is 0 Å². The van der Waals surface area contributed by atoms with E-state index in [1.54, 1.807) is 12.1 Å². The van der Waals surface area contributed by atoms with Crippen molar-refractivity contribution in [2.45, 2.75) is 32.8 Å². The first-order valence-corrected chi connectivity index (χ1v) is 5.89. The lowest BCUT2D eigenvalue weighted by Crippen LogP contribution is -2.11. The van der Waals surface area contributed by atoms with Gasteiger partial charge in [-0.3, -0.25) is 4.79 Å². The van der Waals surface area contributed by atoms with Gasteiger partial charge in [-0.15, -0.1) is 0 Å². The minimum absolute atomic E-state index is 0.0283. The molecule has 3 heteroatoms. The molecule has 0 aliphatic carbocycles. The van der Waals surface area contributed by atoms with Gasteiger partial charge >= 0.3 is 0 Å². The fourth-order valence-electron chi connectivity index (χ4n) is 1.83. The van der Waals surface area contributed by atoms with Gasteiger partial charge < -0.3 is 9.15 Å². The Morgan fingerprint density at radius 1 is 1.35 bits per heavy atom. The Morgan fingerprint density at radius 3 is 2.94 bits per heavy atom. The zero-order valence-electron chi connectivity index (χ0n) is 10.1. The van der Waals surface area contributed by atoms with Gasteiger partial charge in [0.05, 0.1) is 17.8 Å². The van der Waals surface area contributed by atoms with Gasteiger partial charge in [0.2, 0.25) is 0 Å². The highest BCUT2D eigenvalue weighted by atomic mass is 16.5. The summed E-state index contributed by atoms with van der Waals surface area (Å²) in [4.78, 5) is 11.5. The molecular weight excluding hydrogens is 216 g/mol. The van der Waals surface area contributed by atoms with Crippen LogP contribution >= 0.6 is 0 Å². The van der Waals surface area contributed by atoms with Crippen molar-refractivity contribution in [3.8, 4) is 5.75 Å². The molecule has 3 nitrogen and oxygen atoms in total. The Morgan fingerprint density at radius 2 is 2.18 bits per heavy atom. The van der Waals surface area contributed by atoms with Crippen LogP contribution in [0.4, 0.5) is 0 Å². The quantitative estimate of drug-likeness (QED) is 0.811. The largest absolute Gasteiger partial charge is 0.491 e. The minimum Gasteiger partial charge on any atom is -0.491 e. The molecule has 1 aromatic carbocycles. The summed E-state index contributed by atoms with van der Waals surface area (Å²) in [6.45, 7) is 4.16. The lowest BCUT2D eigenvalue weighted by atomic mass is 10.2. The van der Waals surface area contributed by atoms with Crippen LogP contribution < -0.4 is 10.2 Å². The lowest BCUT2D eigenvalue weighted by molar-refractivity contribution is 0.210. The van der Waals surface area contributed by atoms with Crippen LogP contribution in [-0.4, -0.2) is 6.10 Å². The number of rotatable bonds is 4. The predicted molar refractivity (Wildman–Crippen MR) is 67.5 cm³/mol. The van der Waals surface area contributed by atoms with E-state index in [1.165, 1.54) is 12.3 Å². The normalized spacial score (nSPS) is 12.6. The second-order valence-corrected chi connectivity index (χ2v) is 4.16. The van der Waals surface area contributed by atoms with Gasteiger partial charge in [0.1, 0.15) is 11.3 Å². The van der Waals surface area contributed by atoms with Crippen LogP contribution in [0, 0.1) is 0 Å². The second-order valence-electron chi connectivity index (χ2n) is 4.16. The van der Waals surface area contributed by atoms with Gasteiger partial charge in [-0.2, -0.15) is 0 Å². The Balaban J connectivity index is 2.29. The topological polar surface area (TPSA) is 39.4 Å². The third-order valence-electron chi connectivity index (χ3n) is 2.67. The van der Waals surface area contributed by atoms with Crippen LogP contribution in [0.2, 0.25) is 0 Å². The molecule has 1 heterocycles. The first-order chi connectivity index (χ1) is 8.20. The van der Waals surface area contributed by atoms with Crippen LogP contribution in [0.1, 0.15) is 26.7 Å². The van der Waals surface area contributed by atoms with Crippen molar-refractivity contribution in [3.63, 3.8) is 0 Å². The molecule has 0 saturated carbocycles. The van der Waals surface area contributed by atoms with Crippen molar-refractivity contribution in [3.05, 3.63) is 40.8 Å². The molecule has 1 aromatic heterocycles. The van der Waals surface area contributed by atoms with Gasteiger partial charge in [-0.25, -0.2) is 0 Å². The van der Waals surface area contributed by atoms with Crippen LogP contribution in [0.25, 0.3) is 11.0 Å². The van der Waals surface area contributed by atoms with E-state index in [9.17, 15) is 4.79 Å². The highest BCUT2D eigenvalue weighted by molar-refractivity contribution is 5.77. The van der Waals surface area contributed by atoms with E-state index < -0.39 is 0 Å². The average Bonchev–Trinajstić information content (AvgIpc) is 2.29. The smallest absolute Gasteiger partial charge is 0.192 e. The Kier molecular flexibility index (Phi) is 3.47. The molecule has 0 N–H and O–H groups in total. The molecule has 0 fully saturated rings. The Bertz CT molecular complexity index is 557. The van der Waals surface area contributed by atoms with E-state index in [0.717, 1.165) is 18.6 Å². The average molecular weight is 232 g/mol. The summed E-state index contributed by atoms with van der Waals surface area (Å²) in [6, 6.07) is 6.74. The van der Waals surface area contributed by atoms with Crippen molar-refractivity contribution < 1.29 is 9.15 Å². The fourth-order valence-corrected chi connectivity index (χ4v) is 1.83. The van der Waals surface area contributed by atoms with Gasteiger partial charge in [-0.05, 0) is 25.5 Å². The number of hydrogen-bond donors (Lipinski definition) is 0. The van der Waals surface area contributed by atoms with Gasteiger partial charge in [0, 0.05) is 12.1 Å². The van der Waals surface area contributed by atoms with Crippen LogP contribution in [-0.2, 0) is 0 Å². The second kappa shape index (κ2) is 5.04. The Hall–Kier alpha value is -1.77. The summed E-state index contributed by atoms with van der Waals surface area (Å²) in [6.07, 6.45) is 3.68. The molecule has 2 aromatic rings. The summed E-state index contributed by atoms with van der Waals surface area (Å²) < 4.78 is 11.0. The van der Waals surface area contributed by atoms with E-state index in [1.807, 2.05) is 13.0 Å². The van der Waals surface area contributed by atoms with E-state index >= 15 is 0 Å². The third kappa shape index (κ3) is 2.67. The number of benzene rings is 1. The Labute approximate surface area is 100 Å². The standard InChI is InChI=1S/C14H16O3/c1-3-4-10(2)17-11-5-6-12-13(15)7-8-16-14(12)9-11/h5-10H,3-4H2,1-2H3. The summed E-state index contributed by atoms with van der Waals surface area (Å²) in [7, 11) is 0. The van der Waals surface area contributed by atoms with Crippen molar-refractivity contribution >= 4 is 11.0 Å². The maximum atomic E-state index is 11.5. The van der Waals surface area contributed by atoms with E-state index in [0.29, 0.717) is 11.0 Å². The predicted octanol–water partition coefficient (Wildman–Crippen LogP) is 3.36. The summed E-state index contributed by atoms with van der Waals surface area (Å²) >= 11 is 0. The van der Waals surface area contributed by atoms with Crippen molar-refractivity contribution in [1.29, 1.82) is 0 Å². The maximum absolute atomic E-state index is 11.5. The van der Waals surface area contributed by atoms with Crippen LogP contribution in [0.5, 0.6) is 5.75 Å². The van der Waals surface area contributed by atoms with Crippen molar-refractivity contribution in [1.82, 2.24) is 0 Å². The SMILES string of the molecule is CCCC(C)Oc1ccc2c(=O)ccoc2c1. The third-order valence-corrected chi connectivity index (χ3v) is 2.67. The first-order valence-electron chi connectivity index (χ1n) is 5.89. The van der Waals surface area contributed by atoms with Gasteiger partial charge in [0.15, 0.2) is 5.43 Å². The molecule has 1 atom stereocenters. The summed E-state index contributed by atoms with van der Waals surface area (Å²) in [5, 5.41) is 0.586. The molecule has 0 aliphatic rings. The molecule has 17 heavy (non-hydrogen) atoms. The number of hydrogen-bond acceptors (Lipinski definition) is 3. The molecule has 1 unspecified atom stereocenters. The lowest BCUT2D eigenvalue weighted by Gasteiger charge is -2.13. The number of ether oxygens (including phenoxy) is 1. The zero-order chi connectivity index (χ0) is 12.3. The summed E-state index contributed by atoms with van der Waals surface area (Å²) in [5.41, 5.74) is 0.540. The van der Waals surface area contributed by atoms with Gasteiger partial charge in [0.25, 0.3) is 0 Å².